The number of rotatable bonds is 1. The molecule has 1 aromatic carbocycles. The number of ether oxygens (including phenoxy) is 1. The first-order valence-electron chi connectivity index (χ1n) is 9.14. The molecule has 24 heavy (non-hydrogen) atoms. The van der Waals surface area contributed by atoms with Gasteiger partial charge in [-0.15, -0.1) is 0 Å². The molecule has 3 heteroatoms. The van der Waals surface area contributed by atoms with Crippen LogP contribution in [-0.2, 0) is 4.74 Å². The van der Waals surface area contributed by atoms with E-state index < -0.39 is 5.60 Å². The maximum atomic E-state index is 12.9. The van der Waals surface area contributed by atoms with Gasteiger partial charge in [-0.05, 0) is 50.5 Å². The Morgan fingerprint density at radius 1 is 1.04 bits per heavy atom. The summed E-state index contributed by atoms with van der Waals surface area (Å²) < 4.78 is 5.73. The molecule has 1 aliphatic heterocycles. The Hall–Kier alpha value is -1.51. The highest BCUT2D eigenvalue weighted by molar-refractivity contribution is 5.69. The van der Waals surface area contributed by atoms with E-state index >= 15 is 0 Å². The first-order valence-corrected chi connectivity index (χ1v) is 9.14. The molecule has 0 bridgehead atoms. The number of carbonyl (C=O) groups is 1. The summed E-state index contributed by atoms with van der Waals surface area (Å²) in [6.45, 7) is 13.4. The predicted molar refractivity (Wildman–Crippen MR) is 98.9 cm³/mol. The molecule has 134 valence electrons. The second-order valence-electron chi connectivity index (χ2n) is 9.00. The van der Waals surface area contributed by atoms with Gasteiger partial charge < -0.3 is 9.64 Å². The molecule has 1 saturated heterocycles. The summed E-state index contributed by atoms with van der Waals surface area (Å²) in [6.07, 6.45) is 3.15. The van der Waals surface area contributed by atoms with Crippen molar-refractivity contribution in [3.63, 3.8) is 0 Å². The van der Waals surface area contributed by atoms with Gasteiger partial charge in [0.2, 0.25) is 0 Å². The van der Waals surface area contributed by atoms with Crippen molar-refractivity contribution in [3.05, 3.63) is 35.9 Å². The molecule has 2 rings (SSSR count). The summed E-state index contributed by atoms with van der Waals surface area (Å²) in [5.41, 5.74) is 0.873. The number of hydrogen-bond acceptors (Lipinski definition) is 2. The molecule has 0 aromatic heterocycles. The van der Waals surface area contributed by atoms with Crippen LogP contribution in [-0.4, -0.2) is 23.1 Å². The fraction of sp³-hybridized carbons (Fsp3) is 0.667. The van der Waals surface area contributed by atoms with Crippen molar-refractivity contribution < 1.29 is 9.53 Å². The summed E-state index contributed by atoms with van der Waals surface area (Å²) >= 11 is 0. The monoisotopic (exact) mass is 331 g/mol. The van der Waals surface area contributed by atoms with Crippen LogP contribution in [0, 0.1) is 11.3 Å². The molecule has 0 aliphatic carbocycles. The number of amides is 1. The van der Waals surface area contributed by atoms with Gasteiger partial charge in [0.05, 0.1) is 6.04 Å². The molecular weight excluding hydrogens is 298 g/mol. The van der Waals surface area contributed by atoms with Gasteiger partial charge in [0, 0.05) is 6.54 Å². The van der Waals surface area contributed by atoms with E-state index in [0.717, 1.165) is 25.8 Å². The van der Waals surface area contributed by atoms with Crippen molar-refractivity contribution in [2.75, 3.05) is 6.54 Å². The average Bonchev–Trinajstić information content (AvgIpc) is 2.68. The Kier molecular flexibility index (Phi) is 5.62. The van der Waals surface area contributed by atoms with Gasteiger partial charge in [0.1, 0.15) is 5.60 Å². The molecule has 1 heterocycles. The molecule has 2 atom stereocenters. The Morgan fingerprint density at radius 2 is 1.67 bits per heavy atom. The topological polar surface area (TPSA) is 29.5 Å². The van der Waals surface area contributed by atoms with Gasteiger partial charge in [-0.3, -0.25) is 0 Å². The lowest BCUT2D eigenvalue weighted by atomic mass is 9.72. The fourth-order valence-electron chi connectivity index (χ4n) is 3.66. The molecule has 2 unspecified atom stereocenters. The van der Waals surface area contributed by atoms with E-state index in [0.29, 0.717) is 5.92 Å². The maximum absolute atomic E-state index is 12.9. The summed E-state index contributed by atoms with van der Waals surface area (Å²) in [7, 11) is 0. The normalized spacial score (nSPS) is 22.8. The van der Waals surface area contributed by atoms with Crippen LogP contribution in [0.25, 0.3) is 0 Å². The van der Waals surface area contributed by atoms with Gasteiger partial charge in [-0.1, -0.05) is 57.5 Å². The summed E-state index contributed by atoms with van der Waals surface area (Å²) in [4.78, 5) is 14.9. The minimum atomic E-state index is -0.470. The van der Waals surface area contributed by atoms with Crippen LogP contribution in [0.2, 0.25) is 0 Å². The number of hydrogen-bond donors (Lipinski definition) is 0. The van der Waals surface area contributed by atoms with Crippen molar-refractivity contribution in [2.24, 2.45) is 11.3 Å². The molecule has 1 fully saturated rings. The Bertz CT molecular complexity index is 539. The van der Waals surface area contributed by atoms with E-state index in [-0.39, 0.29) is 17.6 Å². The third-order valence-corrected chi connectivity index (χ3v) is 4.76. The Morgan fingerprint density at radius 3 is 2.21 bits per heavy atom. The van der Waals surface area contributed by atoms with Crippen LogP contribution < -0.4 is 0 Å². The average molecular weight is 332 g/mol. The molecule has 3 nitrogen and oxygen atoms in total. The predicted octanol–water partition coefficient (Wildman–Crippen LogP) is 5.81. The second kappa shape index (κ2) is 7.16. The second-order valence-corrected chi connectivity index (χ2v) is 9.00. The van der Waals surface area contributed by atoms with Gasteiger partial charge in [-0.2, -0.15) is 0 Å². The SMILES string of the molecule is CC(C)(C)OC(=O)N1CCCCC(C(C)(C)C)C1c1ccccc1. The first-order chi connectivity index (χ1) is 11.1. The zero-order valence-corrected chi connectivity index (χ0v) is 16.1. The van der Waals surface area contributed by atoms with Crippen LogP contribution in [0.3, 0.4) is 0 Å². The van der Waals surface area contributed by atoms with Gasteiger partial charge in [0.25, 0.3) is 0 Å². The highest BCUT2D eigenvalue weighted by atomic mass is 16.6. The third kappa shape index (κ3) is 4.75. The van der Waals surface area contributed by atoms with E-state index in [1.54, 1.807) is 0 Å². The van der Waals surface area contributed by atoms with Crippen molar-refractivity contribution >= 4 is 6.09 Å². The van der Waals surface area contributed by atoms with Crippen molar-refractivity contribution in [3.8, 4) is 0 Å². The number of carbonyl (C=O) groups excluding carboxylic acids is 1. The lowest BCUT2D eigenvalue weighted by Crippen LogP contribution is -2.43. The van der Waals surface area contributed by atoms with Crippen LogP contribution in [0.1, 0.15) is 72.4 Å². The van der Waals surface area contributed by atoms with E-state index in [2.05, 4.69) is 45.0 Å². The first kappa shape index (κ1) is 18.8. The lowest BCUT2D eigenvalue weighted by Gasteiger charge is -2.42. The van der Waals surface area contributed by atoms with Crippen molar-refractivity contribution in [1.82, 2.24) is 4.90 Å². The van der Waals surface area contributed by atoms with Crippen LogP contribution in [0.4, 0.5) is 4.79 Å². The van der Waals surface area contributed by atoms with E-state index in [9.17, 15) is 4.79 Å². The molecule has 1 aromatic rings. The summed E-state index contributed by atoms with van der Waals surface area (Å²) in [5.74, 6) is 0.412. The molecule has 1 aliphatic rings. The number of nitrogens with zero attached hydrogens (tertiary/aromatic N) is 1. The van der Waals surface area contributed by atoms with Crippen LogP contribution >= 0.6 is 0 Å². The quantitative estimate of drug-likeness (QED) is 0.650. The Labute approximate surface area is 147 Å². The van der Waals surface area contributed by atoms with E-state index in [4.69, 9.17) is 4.74 Å². The highest BCUT2D eigenvalue weighted by Crippen LogP contribution is 2.45. The molecule has 0 spiro atoms. The third-order valence-electron chi connectivity index (χ3n) is 4.76. The van der Waals surface area contributed by atoms with Crippen LogP contribution in [0.15, 0.2) is 30.3 Å². The lowest BCUT2D eigenvalue weighted by molar-refractivity contribution is 0.00275. The zero-order valence-electron chi connectivity index (χ0n) is 16.1. The molecule has 0 N–H and O–H groups in total. The van der Waals surface area contributed by atoms with Gasteiger partial charge >= 0.3 is 6.09 Å². The van der Waals surface area contributed by atoms with E-state index in [1.165, 1.54) is 5.56 Å². The summed E-state index contributed by atoms with van der Waals surface area (Å²) in [5, 5.41) is 0. The maximum Gasteiger partial charge on any atom is 0.410 e. The van der Waals surface area contributed by atoms with Gasteiger partial charge in [0.15, 0.2) is 0 Å². The van der Waals surface area contributed by atoms with E-state index in [1.807, 2.05) is 31.7 Å². The smallest absolute Gasteiger partial charge is 0.410 e. The highest BCUT2D eigenvalue weighted by Gasteiger charge is 2.41. The number of likely N-dealkylation sites (tertiary alicyclic amines) is 1. The van der Waals surface area contributed by atoms with Crippen LogP contribution in [0.5, 0.6) is 0 Å². The minimum Gasteiger partial charge on any atom is -0.444 e. The standard InChI is InChI=1S/C21H33NO2/c1-20(2,3)17-14-10-11-15-22(19(23)24-21(4,5)6)18(17)16-12-8-7-9-13-16/h7-9,12-13,17-18H,10-11,14-15H2,1-6H3. The fourth-order valence-corrected chi connectivity index (χ4v) is 3.66. The number of benzene rings is 1. The zero-order chi connectivity index (χ0) is 18.0. The molecule has 0 saturated carbocycles. The largest absolute Gasteiger partial charge is 0.444 e. The van der Waals surface area contributed by atoms with Gasteiger partial charge in [-0.25, -0.2) is 4.79 Å². The molecule has 1 amide bonds. The van der Waals surface area contributed by atoms with Crippen molar-refractivity contribution in [1.29, 1.82) is 0 Å². The molecule has 0 radical (unpaired) electrons. The molecular formula is C21H33NO2. The van der Waals surface area contributed by atoms with Crippen molar-refractivity contribution in [2.45, 2.75) is 72.4 Å². The summed E-state index contributed by atoms with van der Waals surface area (Å²) in [6, 6.07) is 10.5. The Balaban J connectivity index is 2.43. The minimum absolute atomic E-state index is 0.0727.